The highest BCUT2D eigenvalue weighted by atomic mass is 32.1. The molecule has 4 aromatic rings. The smallest absolute Gasteiger partial charge is 0.250 e. The van der Waals surface area contributed by atoms with Crippen LogP contribution in [0, 0.1) is 13.8 Å². The Morgan fingerprint density at radius 3 is 2.68 bits per heavy atom. The summed E-state index contributed by atoms with van der Waals surface area (Å²) in [7, 11) is 0. The maximum absolute atomic E-state index is 12.6. The van der Waals surface area contributed by atoms with Gasteiger partial charge in [-0.3, -0.25) is 10.1 Å². The van der Waals surface area contributed by atoms with Crippen molar-refractivity contribution in [2.24, 2.45) is 0 Å². The number of carbonyl (C=O) groups is 1. The van der Waals surface area contributed by atoms with Gasteiger partial charge < -0.3 is 9.15 Å². The molecule has 2 aromatic heterocycles. The standard InChI is InChI=1S/C24H23N3O3S/c1-5-29-22-15(3)23-19(20(13-30-23)17-9-7-6-8-10-17)12-18(22)14(2)11-21(28)25-24-27-26-16(4)31-24/h6-13H,5H2,1-4H3,(H,25,27,28)/b14-11+. The van der Waals surface area contributed by atoms with Crippen molar-refractivity contribution < 1.29 is 13.9 Å². The summed E-state index contributed by atoms with van der Waals surface area (Å²) in [4.78, 5) is 12.6. The molecule has 7 heteroatoms. The molecule has 31 heavy (non-hydrogen) atoms. The second kappa shape index (κ2) is 8.73. The van der Waals surface area contributed by atoms with Crippen LogP contribution >= 0.6 is 11.3 Å². The lowest BCUT2D eigenvalue weighted by Gasteiger charge is -2.15. The van der Waals surface area contributed by atoms with E-state index in [9.17, 15) is 4.79 Å². The van der Waals surface area contributed by atoms with Gasteiger partial charge in [-0.25, -0.2) is 0 Å². The number of ether oxygens (including phenoxy) is 1. The van der Waals surface area contributed by atoms with Crippen molar-refractivity contribution in [3.05, 3.63) is 64.9 Å². The van der Waals surface area contributed by atoms with Crippen LogP contribution in [0.15, 0.2) is 53.2 Å². The molecule has 0 fully saturated rings. The Morgan fingerprint density at radius 1 is 1.23 bits per heavy atom. The molecule has 0 bridgehead atoms. The Hall–Kier alpha value is -3.45. The van der Waals surface area contributed by atoms with Gasteiger partial charge in [0.2, 0.25) is 11.0 Å². The van der Waals surface area contributed by atoms with Crippen LogP contribution in [0.4, 0.5) is 5.13 Å². The number of anilines is 1. The minimum atomic E-state index is -0.260. The van der Waals surface area contributed by atoms with Crippen molar-refractivity contribution in [2.45, 2.75) is 27.7 Å². The fraction of sp³-hybridized carbons (Fsp3) is 0.208. The lowest BCUT2D eigenvalue weighted by atomic mass is 9.96. The first-order chi connectivity index (χ1) is 15.0. The molecule has 0 spiro atoms. The Bertz CT molecular complexity index is 1270. The fourth-order valence-corrected chi connectivity index (χ4v) is 4.14. The zero-order chi connectivity index (χ0) is 22.0. The average Bonchev–Trinajstić information content (AvgIpc) is 3.36. The first kappa shape index (κ1) is 20.8. The predicted molar refractivity (Wildman–Crippen MR) is 124 cm³/mol. The van der Waals surface area contributed by atoms with E-state index in [1.54, 1.807) is 12.3 Å². The minimum Gasteiger partial charge on any atom is -0.493 e. The lowest BCUT2D eigenvalue weighted by molar-refractivity contribution is -0.111. The second-order valence-electron chi connectivity index (χ2n) is 7.15. The SMILES string of the molecule is CCOc1c(/C(C)=C/C(=O)Nc2nnc(C)s2)cc2c(-c3ccccc3)coc2c1C. The number of nitrogens with zero attached hydrogens (tertiary/aromatic N) is 2. The number of aromatic nitrogens is 2. The average molecular weight is 434 g/mol. The van der Waals surface area contributed by atoms with Gasteiger partial charge in [0.05, 0.1) is 12.9 Å². The number of hydrogen-bond donors (Lipinski definition) is 1. The normalized spacial score (nSPS) is 11.7. The molecular formula is C24H23N3O3S. The molecular weight excluding hydrogens is 410 g/mol. The number of hydrogen-bond acceptors (Lipinski definition) is 6. The van der Waals surface area contributed by atoms with Crippen LogP contribution in [0.3, 0.4) is 0 Å². The fourth-order valence-electron chi connectivity index (χ4n) is 3.54. The summed E-state index contributed by atoms with van der Waals surface area (Å²) in [6.07, 6.45) is 3.33. The number of nitrogens with one attached hydrogen (secondary N) is 1. The molecule has 0 radical (unpaired) electrons. The highest BCUT2D eigenvalue weighted by molar-refractivity contribution is 7.15. The van der Waals surface area contributed by atoms with E-state index in [0.29, 0.717) is 11.7 Å². The topological polar surface area (TPSA) is 77.2 Å². The number of furan rings is 1. The summed E-state index contributed by atoms with van der Waals surface area (Å²) in [6.45, 7) is 8.17. The number of rotatable bonds is 6. The van der Waals surface area contributed by atoms with Gasteiger partial charge in [-0.15, -0.1) is 10.2 Å². The predicted octanol–water partition coefficient (Wildman–Crippen LogP) is 6.01. The largest absolute Gasteiger partial charge is 0.493 e. The van der Waals surface area contributed by atoms with Gasteiger partial charge in [0, 0.05) is 28.2 Å². The number of aryl methyl sites for hydroxylation is 2. The van der Waals surface area contributed by atoms with Crippen LogP contribution < -0.4 is 10.1 Å². The molecule has 0 saturated carbocycles. The highest BCUT2D eigenvalue weighted by Gasteiger charge is 2.19. The summed E-state index contributed by atoms with van der Waals surface area (Å²) in [5.41, 5.74) is 5.41. The van der Waals surface area contributed by atoms with Crippen molar-refractivity contribution in [3.8, 4) is 16.9 Å². The van der Waals surface area contributed by atoms with Crippen LogP contribution in [0.5, 0.6) is 5.75 Å². The van der Waals surface area contributed by atoms with Crippen LogP contribution in [0.1, 0.15) is 30.0 Å². The molecule has 2 aromatic carbocycles. The van der Waals surface area contributed by atoms with E-state index in [1.165, 1.54) is 11.3 Å². The van der Waals surface area contributed by atoms with Crippen molar-refractivity contribution in [1.29, 1.82) is 0 Å². The molecule has 0 unspecified atom stereocenters. The molecule has 158 valence electrons. The van der Waals surface area contributed by atoms with E-state index >= 15 is 0 Å². The third kappa shape index (κ3) is 4.22. The van der Waals surface area contributed by atoms with E-state index in [2.05, 4.69) is 27.6 Å². The summed E-state index contributed by atoms with van der Waals surface area (Å²) in [6, 6.07) is 12.1. The number of allylic oxidation sites excluding steroid dienone is 1. The summed E-state index contributed by atoms with van der Waals surface area (Å²) < 4.78 is 11.9. The third-order valence-corrected chi connectivity index (χ3v) is 5.70. The van der Waals surface area contributed by atoms with Crippen LogP contribution in [-0.4, -0.2) is 22.7 Å². The molecule has 1 amide bonds. The number of fused-ring (bicyclic) bond motifs is 1. The van der Waals surface area contributed by atoms with Crippen molar-refractivity contribution in [3.63, 3.8) is 0 Å². The van der Waals surface area contributed by atoms with Gasteiger partial charge in [-0.1, -0.05) is 41.7 Å². The summed E-state index contributed by atoms with van der Waals surface area (Å²) >= 11 is 1.33. The van der Waals surface area contributed by atoms with E-state index in [0.717, 1.165) is 49.6 Å². The Kier molecular flexibility index (Phi) is 5.86. The first-order valence-corrected chi connectivity index (χ1v) is 10.8. The first-order valence-electron chi connectivity index (χ1n) is 10.0. The van der Waals surface area contributed by atoms with E-state index < -0.39 is 0 Å². The molecule has 0 aliphatic heterocycles. The van der Waals surface area contributed by atoms with Crippen molar-refractivity contribution in [2.75, 3.05) is 11.9 Å². The number of carbonyl (C=O) groups excluding carboxylic acids is 1. The zero-order valence-electron chi connectivity index (χ0n) is 17.9. The molecule has 0 saturated heterocycles. The molecule has 1 N–H and O–H groups in total. The minimum absolute atomic E-state index is 0.260. The van der Waals surface area contributed by atoms with Gasteiger partial charge in [0.1, 0.15) is 16.3 Å². The van der Waals surface area contributed by atoms with Gasteiger partial charge >= 0.3 is 0 Å². The second-order valence-corrected chi connectivity index (χ2v) is 8.33. The highest BCUT2D eigenvalue weighted by Crippen LogP contribution is 2.40. The molecule has 0 atom stereocenters. The van der Waals surface area contributed by atoms with Gasteiger partial charge in [-0.2, -0.15) is 0 Å². The monoisotopic (exact) mass is 433 g/mol. The lowest BCUT2D eigenvalue weighted by Crippen LogP contribution is -2.08. The Morgan fingerprint density at radius 2 is 2.00 bits per heavy atom. The molecule has 6 nitrogen and oxygen atoms in total. The third-order valence-electron chi connectivity index (χ3n) is 4.95. The molecule has 0 aliphatic carbocycles. The maximum Gasteiger partial charge on any atom is 0.250 e. The van der Waals surface area contributed by atoms with Crippen molar-refractivity contribution >= 4 is 38.9 Å². The van der Waals surface area contributed by atoms with Crippen LogP contribution in [-0.2, 0) is 4.79 Å². The van der Waals surface area contributed by atoms with E-state index in [4.69, 9.17) is 9.15 Å². The van der Waals surface area contributed by atoms with Crippen LogP contribution in [0.25, 0.3) is 27.7 Å². The number of amides is 1. The van der Waals surface area contributed by atoms with Crippen LogP contribution in [0.2, 0.25) is 0 Å². The van der Waals surface area contributed by atoms with Gasteiger partial charge in [0.25, 0.3) is 0 Å². The quantitative estimate of drug-likeness (QED) is 0.377. The summed E-state index contributed by atoms with van der Waals surface area (Å²) in [5, 5.41) is 12.9. The molecule has 2 heterocycles. The zero-order valence-corrected chi connectivity index (χ0v) is 18.7. The molecule has 4 rings (SSSR count). The van der Waals surface area contributed by atoms with E-state index in [-0.39, 0.29) is 5.91 Å². The van der Waals surface area contributed by atoms with E-state index in [1.807, 2.05) is 52.0 Å². The Balaban J connectivity index is 1.79. The Labute approximate surface area is 184 Å². The summed E-state index contributed by atoms with van der Waals surface area (Å²) in [5.74, 6) is 0.460. The molecule has 0 aliphatic rings. The van der Waals surface area contributed by atoms with Crippen molar-refractivity contribution in [1.82, 2.24) is 10.2 Å². The van der Waals surface area contributed by atoms with Gasteiger partial charge in [0.15, 0.2) is 0 Å². The number of benzene rings is 2. The van der Waals surface area contributed by atoms with Gasteiger partial charge in [-0.05, 0) is 44.9 Å². The maximum atomic E-state index is 12.6.